The number of amides is 1. The standard InChI is InChI=1S/C30H35ClN4O2/c1-3-4-10-23-17-34(20(2)24-15-27(36)35(18-24)16-21-8-6-5-7-9-21)19-26-28(23)32-29(33-30(26)37)22-11-13-25(31)14-12-22/h5-9,11-14,23-24,30,37H,2-4,10,15-19H2,1H3,(H,32,33). The van der Waals surface area contributed by atoms with E-state index in [2.05, 4.69) is 40.8 Å². The number of benzene rings is 2. The minimum absolute atomic E-state index is 0.0759. The maximum atomic E-state index is 12.8. The molecule has 2 aromatic carbocycles. The number of halogens is 1. The zero-order chi connectivity index (χ0) is 25.9. The second-order valence-corrected chi connectivity index (χ2v) is 10.7. The van der Waals surface area contributed by atoms with Crippen molar-refractivity contribution in [1.82, 2.24) is 15.1 Å². The molecule has 0 bridgehead atoms. The Hall–Kier alpha value is -3.09. The number of carbonyl (C=O) groups is 1. The Morgan fingerprint density at radius 2 is 1.92 bits per heavy atom. The van der Waals surface area contributed by atoms with Crippen LogP contribution >= 0.6 is 11.6 Å². The Morgan fingerprint density at radius 1 is 1.16 bits per heavy atom. The van der Waals surface area contributed by atoms with Crippen LogP contribution in [0.2, 0.25) is 5.02 Å². The molecule has 1 saturated heterocycles. The summed E-state index contributed by atoms with van der Waals surface area (Å²) in [7, 11) is 0. The van der Waals surface area contributed by atoms with Gasteiger partial charge in [-0.1, -0.05) is 68.3 Å². The van der Waals surface area contributed by atoms with Crippen LogP contribution in [0.5, 0.6) is 0 Å². The smallest absolute Gasteiger partial charge is 0.223 e. The fourth-order valence-electron chi connectivity index (χ4n) is 5.61. The number of likely N-dealkylation sites (tertiary alicyclic amines) is 1. The van der Waals surface area contributed by atoms with Crippen LogP contribution in [-0.2, 0) is 11.3 Å². The summed E-state index contributed by atoms with van der Waals surface area (Å²) in [5, 5.41) is 15.3. The fourth-order valence-corrected chi connectivity index (χ4v) is 5.73. The minimum atomic E-state index is -0.915. The van der Waals surface area contributed by atoms with Crippen molar-refractivity contribution in [2.45, 2.75) is 45.4 Å². The second-order valence-electron chi connectivity index (χ2n) is 10.3. The van der Waals surface area contributed by atoms with Crippen LogP contribution in [0.25, 0.3) is 0 Å². The average molecular weight is 519 g/mol. The summed E-state index contributed by atoms with van der Waals surface area (Å²) >= 11 is 6.07. The SMILES string of the molecule is C=C(C1CC(=O)N(Cc2ccccc2)C1)N1CC2=C(NC(c3ccc(Cl)cc3)=NC2O)C(CCCC)C1. The molecule has 37 heavy (non-hydrogen) atoms. The van der Waals surface area contributed by atoms with E-state index in [0.717, 1.165) is 53.9 Å². The molecule has 3 unspecified atom stereocenters. The van der Waals surface area contributed by atoms with E-state index in [-0.39, 0.29) is 17.7 Å². The number of nitrogens with zero attached hydrogens (tertiary/aromatic N) is 3. The van der Waals surface area contributed by atoms with Gasteiger partial charge in [-0.15, -0.1) is 0 Å². The van der Waals surface area contributed by atoms with Crippen LogP contribution in [0.15, 0.2) is 83.1 Å². The van der Waals surface area contributed by atoms with Gasteiger partial charge >= 0.3 is 0 Å². The number of carbonyl (C=O) groups excluding carboxylic acids is 1. The van der Waals surface area contributed by atoms with Crippen molar-refractivity contribution in [2.24, 2.45) is 16.8 Å². The first-order valence-corrected chi connectivity index (χ1v) is 13.6. The lowest BCUT2D eigenvalue weighted by Crippen LogP contribution is -2.47. The third-order valence-electron chi connectivity index (χ3n) is 7.70. The Labute approximate surface area is 224 Å². The number of hydrogen-bond donors (Lipinski definition) is 2. The molecule has 3 aliphatic heterocycles. The fraction of sp³-hybridized carbons (Fsp3) is 0.400. The van der Waals surface area contributed by atoms with Gasteiger partial charge < -0.3 is 20.2 Å². The Morgan fingerprint density at radius 3 is 2.65 bits per heavy atom. The molecule has 1 fully saturated rings. The number of hydrogen-bond acceptors (Lipinski definition) is 5. The van der Waals surface area contributed by atoms with Crippen LogP contribution in [-0.4, -0.2) is 52.5 Å². The van der Waals surface area contributed by atoms with Crippen LogP contribution in [0, 0.1) is 11.8 Å². The Kier molecular flexibility index (Phi) is 7.68. The highest BCUT2D eigenvalue weighted by atomic mass is 35.5. The number of aliphatic imine (C=N–C) groups is 1. The maximum Gasteiger partial charge on any atom is 0.223 e. The molecule has 0 aromatic heterocycles. The second kappa shape index (κ2) is 11.1. The average Bonchev–Trinajstić information content (AvgIpc) is 3.27. The molecule has 2 N–H and O–H groups in total. The number of nitrogens with one attached hydrogen (secondary N) is 1. The molecule has 3 heterocycles. The maximum absolute atomic E-state index is 12.8. The van der Waals surface area contributed by atoms with Gasteiger partial charge in [0.25, 0.3) is 0 Å². The van der Waals surface area contributed by atoms with Crippen molar-refractivity contribution < 1.29 is 9.90 Å². The summed E-state index contributed by atoms with van der Waals surface area (Å²) in [5.74, 6) is 1.15. The number of aliphatic hydroxyl groups excluding tert-OH is 1. The number of aliphatic hydroxyl groups is 1. The summed E-state index contributed by atoms with van der Waals surface area (Å²) in [6.45, 7) is 9.33. The monoisotopic (exact) mass is 518 g/mol. The van der Waals surface area contributed by atoms with E-state index in [0.29, 0.717) is 36.9 Å². The van der Waals surface area contributed by atoms with Crippen LogP contribution < -0.4 is 5.32 Å². The van der Waals surface area contributed by atoms with E-state index in [9.17, 15) is 9.90 Å². The van der Waals surface area contributed by atoms with E-state index in [4.69, 9.17) is 11.6 Å². The van der Waals surface area contributed by atoms with Crippen molar-refractivity contribution in [2.75, 3.05) is 19.6 Å². The van der Waals surface area contributed by atoms with Gasteiger partial charge in [0.2, 0.25) is 5.91 Å². The summed E-state index contributed by atoms with van der Waals surface area (Å²) < 4.78 is 0. The molecule has 2 aromatic rings. The molecule has 6 nitrogen and oxygen atoms in total. The van der Waals surface area contributed by atoms with E-state index in [1.54, 1.807) is 0 Å². The van der Waals surface area contributed by atoms with Crippen molar-refractivity contribution in [1.29, 1.82) is 0 Å². The van der Waals surface area contributed by atoms with Crippen LogP contribution in [0.1, 0.15) is 43.7 Å². The van der Waals surface area contributed by atoms with Crippen molar-refractivity contribution >= 4 is 23.3 Å². The highest BCUT2D eigenvalue weighted by Gasteiger charge is 2.38. The van der Waals surface area contributed by atoms with Gasteiger partial charge in [0, 0.05) is 72.0 Å². The van der Waals surface area contributed by atoms with Gasteiger partial charge in [-0.2, -0.15) is 0 Å². The largest absolute Gasteiger partial charge is 0.370 e. The molecule has 0 saturated carbocycles. The molecule has 5 rings (SSSR count). The van der Waals surface area contributed by atoms with Crippen molar-refractivity contribution in [3.05, 3.63) is 94.3 Å². The molecular weight excluding hydrogens is 484 g/mol. The normalized spacial score (nSPS) is 23.6. The lowest BCUT2D eigenvalue weighted by atomic mass is 9.87. The van der Waals surface area contributed by atoms with Gasteiger partial charge in [0.15, 0.2) is 6.23 Å². The molecule has 1 amide bonds. The van der Waals surface area contributed by atoms with Crippen molar-refractivity contribution in [3.8, 4) is 0 Å². The zero-order valence-electron chi connectivity index (χ0n) is 21.4. The lowest BCUT2D eigenvalue weighted by Gasteiger charge is -2.42. The summed E-state index contributed by atoms with van der Waals surface area (Å²) in [4.78, 5) is 21.6. The van der Waals surface area contributed by atoms with Crippen LogP contribution in [0.4, 0.5) is 0 Å². The molecule has 0 radical (unpaired) electrons. The van der Waals surface area contributed by atoms with Crippen LogP contribution in [0.3, 0.4) is 0 Å². The number of unbranched alkanes of at least 4 members (excludes halogenated alkanes) is 1. The highest BCUT2D eigenvalue weighted by molar-refractivity contribution is 6.30. The van der Waals surface area contributed by atoms with Crippen molar-refractivity contribution in [3.63, 3.8) is 0 Å². The van der Waals surface area contributed by atoms with E-state index in [1.807, 2.05) is 47.4 Å². The third-order valence-corrected chi connectivity index (χ3v) is 7.96. The quantitative estimate of drug-likeness (QED) is 0.519. The predicted molar refractivity (Wildman–Crippen MR) is 148 cm³/mol. The molecule has 3 aliphatic rings. The molecule has 194 valence electrons. The first-order chi connectivity index (χ1) is 17.9. The topological polar surface area (TPSA) is 68.2 Å². The number of amidine groups is 1. The highest BCUT2D eigenvalue weighted by Crippen LogP contribution is 2.36. The van der Waals surface area contributed by atoms with Gasteiger partial charge in [-0.05, 0) is 36.2 Å². The summed E-state index contributed by atoms with van der Waals surface area (Å²) in [6, 6.07) is 17.6. The molecule has 3 atom stereocenters. The van der Waals surface area contributed by atoms with Gasteiger partial charge in [0.1, 0.15) is 5.84 Å². The first-order valence-electron chi connectivity index (χ1n) is 13.2. The van der Waals surface area contributed by atoms with E-state index in [1.165, 1.54) is 0 Å². The summed E-state index contributed by atoms with van der Waals surface area (Å²) in [6.07, 6.45) is 2.78. The molecule has 7 heteroatoms. The first kappa shape index (κ1) is 25.6. The third kappa shape index (κ3) is 5.60. The lowest BCUT2D eigenvalue weighted by molar-refractivity contribution is -0.128. The minimum Gasteiger partial charge on any atom is -0.370 e. The Bertz CT molecular complexity index is 1210. The Balaban J connectivity index is 1.32. The molecular formula is C30H35ClN4O2. The van der Waals surface area contributed by atoms with E-state index >= 15 is 0 Å². The molecule has 0 spiro atoms. The summed E-state index contributed by atoms with van der Waals surface area (Å²) in [5.41, 5.74) is 5.01. The van der Waals surface area contributed by atoms with Gasteiger partial charge in [-0.25, -0.2) is 4.99 Å². The zero-order valence-corrected chi connectivity index (χ0v) is 22.1. The van der Waals surface area contributed by atoms with Gasteiger partial charge in [-0.3, -0.25) is 4.79 Å². The van der Waals surface area contributed by atoms with E-state index < -0.39 is 6.23 Å². The van der Waals surface area contributed by atoms with Gasteiger partial charge in [0.05, 0.1) is 0 Å². The molecule has 0 aliphatic carbocycles. The number of rotatable bonds is 8. The predicted octanol–water partition coefficient (Wildman–Crippen LogP) is 4.95.